The topological polar surface area (TPSA) is 83.6 Å². The first-order valence-electron chi connectivity index (χ1n) is 3.74. The third-order valence-electron chi connectivity index (χ3n) is 2.02. The van der Waals surface area contributed by atoms with Crippen molar-refractivity contribution < 1.29 is 14.4 Å². The maximum Gasteiger partial charge on any atom is 0.334 e. The van der Waals surface area contributed by atoms with Gasteiger partial charge in [-0.05, 0) is 0 Å². The van der Waals surface area contributed by atoms with Crippen molar-refractivity contribution in [2.24, 2.45) is 5.73 Å². The molecular formula is C8H12NO3P. The van der Waals surface area contributed by atoms with Crippen LogP contribution in [0, 0.1) is 0 Å². The largest absolute Gasteiger partial charge is 0.334 e. The zero-order chi connectivity index (χ0) is 10.1. The molecule has 0 radical (unpaired) electrons. The molecule has 0 saturated carbocycles. The molecule has 0 fully saturated rings. The van der Waals surface area contributed by atoms with E-state index in [1.165, 1.54) is 18.2 Å². The van der Waals surface area contributed by atoms with Crippen LogP contribution in [0.5, 0.6) is 0 Å². The van der Waals surface area contributed by atoms with E-state index in [0.29, 0.717) is 0 Å². The van der Waals surface area contributed by atoms with Crippen LogP contribution in [0.15, 0.2) is 37.0 Å². The minimum absolute atomic E-state index is 1.01. The van der Waals surface area contributed by atoms with Crippen molar-refractivity contribution in [3.63, 3.8) is 0 Å². The van der Waals surface area contributed by atoms with Gasteiger partial charge in [-0.3, -0.25) is 4.57 Å². The Balaban J connectivity index is 3.10. The molecule has 0 saturated heterocycles. The predicted molar refractivity (Wildman–Crippen MR) is 51.2 cm³/mol. The first kappa shape index (κ1) is 10.4. The summed E-state index contributed by atoms with van der Waals surface area (Å²) in [5, 5.41) is 0. The summed E-state index contributed by atoms with van der Waals surface area (Å²) in [5.74, 6) is 0. The van der Waals surface area contributed by atoms with Gasteiger partial charge in [0.1, 0.15) is 5.66 Å². The molecule has 1 aliphatic rings. The fraction of sp³-hybridized carbons (Fsp3) is 0.250. The van der Waals surface area contributed by atoms with E-state index in [1.807, 2.05) is 0 Å². The van der Waals surface area contributed by atoms with Crippen molar-refractivity contribution in [3.05, 3.63) is 37.0 Å². The summed E-state index contributed by atoms with van der Waals surface area (Å²) >= 11 is 0. The molecule has 2 unspecified atom stereocenters. The molecule has 0 heterocycles. The summed E-state index contributed by atoms with van der Waals surface area (Å²) in [4.78, 5) is 18.0. The van der Waals surface area contributed by atoms with E-state index in [0.717, 1.165) is 0 Å². The molecule has 0 aromatic carbocycles. The van der Waals surface area contributed by atoms with Crippen molar-refractivity contribution in [1.29, 1.82) is 0 Å². The number of hydrogen-bond acceptors (Lipinski definition) is 2. The van der Waals surface area contributed by atoms with E-state index in [-0.39, 0.29) is 0 Å². The fourth-order valence-corrected chi connectivity index (χ4v) is 2.35. The summed E-state index contributed by atoms with van der Waals surface area (Å²) in [7, 11) is -4.21. The van der Waals surface area contributed by atoms with Gasteiger partial charge in [0, 0.05) is 0 Å². The quantitative estimate of drug-likeness (QED) is 0.449. The fourth-order valence-electron chi connectivity index (χ4n) is 1.25. The van der Waals surface area contributed by atoms with Crippen LogP contribution in [-0.2, 0) is 4.57 Å². The average Bonchev–Trinajstić information content (AvgIpc) is 2.03. The van der Waals surface area contributed by atoms with E-state index in [9.17, 15) is 4.57 Å². The van der Waals surface area contributed by atoms with E-state index >= 15 is 0 Å². The van der Waals surface area contributed by atoms with Crippen LogP contribution in [0.1, 0.15) is 0 Å². The van der Waals surface area contributed by atoms with Gasteiger partial charge in [-0.1, -0.05) is 30.4 Å². The lowest BCUT2D eigenvalue weighted by Gasteiger charge is -2.32. The van der Waals surface area contributed by atoms with E-state index in [2.05, 4.69) is 6.58 Å². The van der Waals surface area contributed by atoms with Gasteiger partial charge in [0.05, 0.1) is 5.54 Å². The third-order valence-corrected chi connectivity index (χ3v) is 3.36. The second-order valence-electron chi connectivity index (χ2n) is 2.98. The van der Waals surface area contributed by atoms with Gasteiger partial charge in [-0.15, -0.1) is 6.58 Å². The molecule has 0 amide bonds. The summed E-state index contributed by atoms with van der Waals surface area (Å²) in [6, 6.07) is 0. The molecule has 13 heavy (non-hydrogen) atoms. The Morgan fingerprint density at radius 2 is 2.15 bits per heavy atom. The summed E-state index contributed by atoms with van der Waals surface area (Å²) < 4.78 is 11.0. The number of hydrogen-bond donors (Lipinski definition) is 3. The van der Waals surface area contributed by atoms with Crippen molar-refractivity contribution >= 4 is 7.60 Å². The number of rotatable bonds is 2. The van der Waals surface area contributed by atoms with Crippen molar-refractivity contribution in [2.45, 2.75) is 11.2 Å². The van der Waals surface area contributed by atoms with Crippen LogP contribution in [0.2, 0.25) is 0 Å². The Morgan fingerprint density at radius 1 is 1.54 bits per heavy atom. The summed E-state index contributed by atoms with van der Waals surface area (Å²) in [6.07, 6.45) is 7.50. The lowest BCUT2D eigenvalue weighted by molar-refractivity contribution is 0.354. The molecule has 1 aliphatic carbocycles. The summed E-state index contributed by atoms with van der Waals surface area (Å²) in [6.45, 7) is 3.47. The van der Waals surface area contributed by atoms with Gasteiger partial charge < -0.3 is 15.5 Å². The Morgan fingerprint density at radius 3 is 2.54 bits per heavy atom. The molecule has 0 aromatic rings. The zero-order valence-corrected chi connectivity index (χ0v) is 7.89. The Bertz CT molecular complexity index is 317. The van der Waals surface area contributed by atoms with Gasteiger partial charge in [-0.25, -0.2) is 0 Å². The summed E-state index contributed by atoms with van der Waals surface area (Å²) in [5.41, 5.74) is 3.58. The van der Waals surface area contributed by atoms with Gasteiger partial charge in [0.15, 0.2) is 0 Å². The maximum atomic E-state index is 11.0. The SMILES string of the molecule is C=CC1(N)C=CC=CC1P(=O)(O)O. The molecule has 0 aliphatic heterocycles. The monoisotopic (exact) mass is 201 g/mol. The lowest BCUT2D eigenvalue weighted by atomic mass is 9.92. The second kappa shape index (κ2) is 3.24. The van der Waals surface area contributed by atoms with Gasteiger partial charge in [-0.2, -0.15) is 0 Å². The highest BCUT2D eigenvalue weighted by molar-refractivity contribution is 7.53. The van der Waals surface area contributed by atoms with Crippen LogP contribution in [0.3, 0.4) is 0 Å². The van der Waals surface area contributed by atoms with Gasteiger partial charge in [0.25, 0.3) is 0 Å². The Hall–Kier alpha value is -0.670. The number of allylic oxidation sites excluding steroid dienone is 2. The lowest BCUT2D eigenvalue weighted by Crippen LogP contribution is -2.46. The van der Waals surface area contributed by atoms with Crippen LogP contribution in [0.4, 0.5) is 0 Å². The highest BCUT2D eigenvalue weighted by atomic mass is 31.2. The van der Waals surface area contributed by atoms with Crippen LogP contribution < -0.4 is 5.73 Å². The minimum atomic E-state index is -4.21. The van der Waals surface area contributed by atoms with Crippen LogP contribution in [0.25, 0.3) is 0 Å². The standard InChI is InChI=1S/C8H12NO3P/c1-2-8(9)6-4-3-5-7(8)13(10,11)12/h2-7H,1,9H2,(H2,10,11,12). The highest BCUT2D eigenvalue weighted by Gasteiger charge is 2.41. The first-order valence-corrected chi connectivity index (χ1v) is 5.42. The molecule has 5 heteroatoms. The van der Waals surface area contributed by atoms with Crippen LogP contribution in [-0.4, -0.2) is 21.0 Å². The third kappa shape index (κ3) is 1.98. The number of nitrogens with two attached hydrogens (primary N) is 1. The van der Waals surface area contributed by atoms with Crippen LogP contribution >= 0.6 is 7.60 Å². The molecule has 0 aromatic heterocycles. The van der Waals surface area contributed by atoms with Crippen molar-refractivity contribution in [2.75, 3.05) is 0 Å². The molecule has 0 bridgehead atoms. The zero-order valence-electron chi connectivity index (χ0n) is 7.00. The maximum absolute atomic E-state index is 11.0. The first-order chi connectivity index (χ1) is 5.90. The van der Waals surface area contributed by atoms with Crippen molar-refractivity contribution in [3.8, 4) is 0 Å². The normalized spacial score (nSPS) is 33.3. The molecular weight excluding hydrogens is 189 g/mol. The Kier molecular flexibility index (Phi) is 2.59. The predicted octanol–water partition coefficient (Wildman–Crippen LogP) is 0.542. The van der Waals surface area contributed by atoms with Crippen molar-refractivity contribution in [1.82, 2.24) is 0 Å². The molecule has 1 rings (SSSR count). The Labute approximate surface area is 76.6 Å². The molecule has 72 valence electrons. The smallest absolute Gasteiger partial charge is 0.324 e. The van der Waals surface area contributed by atoms with E-state index in [4.69, 9.17) is 15.5 Å². The molecule has 4 N–H and O–H groups in total. The molecule has 2 atom stereocenters. The molecule has 0 spiro atoms. The van der Waals surface area contributed by atoms with Gasteiger partial charge >= 0.3 is 7.60 Å². The molecule has 4 nitrogen and oxygen atoms in total. The van der Waals surface area contributed by atoms with Gasteiger partial charge in [0.2, 0.25) is 0 Å². The highest BCUT2D eigenvalue weighted by Crippen LogP contribution is 2.48. The average molecular weight is 201 g/mol. The minimum Gasteiger partial charge on any atom is -0.324 e. The van der Waals surface area contributed by atoms with E-state index in [1.54, 1.807) is 12.2 Å². The van der Waals surface area contributed by atoms with E-state index < -0.39 is 18.8 Å². The second-order valence-corrected chi connectivity index (χ2v) is 4.72.